The van der Waals surface area contributed by atoms with Crippen molar-refractivity contribution < 1.29 is 38.1 Å². The molecule has 0 aliphatic carbocycles. The maximum absolute atomic E-state index is 13.5. The molecule has 0 radical (unpaired) electrons. The fraction of sp³-hybridized carbons (Fsp3) is 0.243. The molecular weight excluding hydrogens is 637 g/mol. The number of ether oxygens (including phenoxy) is 4. The third-order valence-electron chi connectivity index (χ3n) is 7.30. The first-order valence-electron chi connectivity index (χ1n) is 15.2. The minimum atomic E-state index is -1.19. The van der Waals surface area contributed by atoms with Gasteiger partial charge in [0.2, 0.25) is 0 Å². The largest absolute Gasteiger partial charge is 0.460 e. The predicted octanol–water partition coefficient (Wildman–Crippen LogP) is 7.11. The Morgan fingerprint density at radius 1 is 0.532 bits per heavy atom. The van der Waals surface area contributed by atoms with Crippen LogP contribution in [0.1, 0.15) is 54.3 Å². The van der Waals surface area contributed by atoms with Gasteiger partial charge in [-0.15, -0.1) is 23.5 Å². The predicted molar refractivity (Wildman–Crippen MR) is 182 cm³/mol. The Hall–Kier alpha value is -4.54. The van der Waals surface area contributed by atoms with Gasteiger partial charge < -0.3 is 18.9 Å². The molecule has 1 aliphatic rings. The van der Waals surface area contributed by atoms with Crippen LogP contribution in [-0.4, -0.2) is 64.9 Å². The first kappa shape index (κ1) is 33.8. The van der Waals surface area contributed by atoms with E-state index in [1.165, 1.54) is 0 Å². The maximum atomic E-state index is 13.5. The van der Waals surface area contributed by atoms with Crippen LogP contribution in [0.2, 0.25) is 0 Å². The highest BCUT2D eigenvalue weighted by atomic mass is 32.2. The van der Waals surface area contributed by atoms with Crippen molar-refractivity contribution in [3.05, 3.63) is 144 Å². The molecule has 4 aromatic rings. The maximum Gasteiger partial charge on any atom is 0.338 e. The Labute approximate surface area is 282 Å². The van der Waals surface area contributed by atoms with Crippen molar-refractivity contribution in [2.24, 2.45) is 0 Å². The summed E-state index contributed by atoms with van der Waals surface area (Å²) in [5.74, 6) is -0.821. The van der Waals surface area contributed by atoms with Crippen LogP contribution in [0.3, 0.4) is 0 Å². The molecule has 1 aliphatic heterocycles. The van der Waals surface area contributed by atoms with E-state index in [2.05, 4.69) is 0 Å². The molecule has 242 valence electrons. The number of hydrogen-bond acceptors (Lipinski definition) is 10. The van der Waals surface area contributed by atoms with Gasteiger partial charge in [-0.05, 0) is 66.5 Å². The molecule has 0 bridgehead atoms. The summed E-state index contributed by atoms with van der Waals surface area (Å²) in [4.78, 5) is 52.9. The van der Waals surface area contributed by atoms with E-state index in [0.717, 1.165) is 17.9 Å². The number of esters is 4. The number of carbonyl (C=O) groups excluding carboxylic acids is 4. The summed E-state index contributed by atoms with van der Waals surface area (Å²) < 4.78 is 22.9. The third-order valence-corrected chi connectivity index (χ3v) is 10.6. The van der Waals surface area contributed by atoms with Gasteiger partial charge in [-0.2, -0.15) is 0 Å². The van der Waals surface area contributed by atoms with Crippen molar-refractivity contribution in [2.75, 3.05) is 24.7 Å². The first-order chi connectivity index (χ1) is 22.9. The molecule has 0 unspecified atom stereocenters. The standard InChI is InChI=1S/C37H34O8S2/c38-33(27-14-5-1-6-15-27)42-25-32(45-36(41)30-20-11-4-12-21-30)31(44-35(40)29-18-9-3-10-19-29)24-37(46-22-13-23-47-37)26-43-34(39)28-16-7-2-8-17-28/h1-12,14-21,31-32H,13,22-26H2/t31-,32+/m1/s1. The third kappa shape index (κ3) is 9.73. The molecule has 2 atom stereocenters. The minimum absolute atomic E-state index is 0.0125. The summed E-state index contributed by atoms with van der Waals surface area (Å²) in [7, 11) is 0. The quantitative estimate of drug-likeness (QED) is 0.108. The van der Waals surface area contributed by atoms with Crippen molar-refractivity contribution in [1.82, 2.24) is 0 Å². The van der Waals surface area contributed by atoms with E-state index in [4.69, 9.17) is 18.9 Å². The molecule has 0 aromatic heterocycles. The highest BCUT2D eigenvalue weighted by Gasteiger charge is 2.43. The Bertz CT molecular complexity index is 1610. The molecule has 1 heterocycles. The van der Waals surface area contributed by atoms with Gasteiger partial charge in [0.25, 0.3) is 0 Å². The van der Waals surface area contributed by atoms with E-state index in [-0.39, 0.29) is 25.2 Å². The minimum Gasteiger partial charge on any atom is -0.460 e. The van der Waals surface area contributed by atoms with E-state index in [1.807, 2.05) is 6.07 Å². The molecular formula is C37H34O8S2. The molecule has 0 amide bonds. The molecule has 0 N–H and O–H groups in total. The van der Waals surface area contributed by atoms with Gasteiger partial charge in [-0.3, -0.25) is 0 Å². The smallest absolute Gasteiger partial charge is 0.338 e. The van der Waals surface area contributed by atoms with Gasteiger partial charge in [-0.25, -0.2) is 19.2 Å². The van der Waals surface area contributed by atoms with Crippen molar-refractivity contribution in [1.29, 1.82) is 0 Å². The van der Waals surface area contributed by atoms with Crippen LogP contribution in [-0.2, 0) is 18.9 Å². The summed E-state index contributed by atoms with van der Waals surface area (Å²) >= 11 is 3.20. The second-order valence-electron chi connectivity index (χ2n) is 10.7. The van der Waals surface area contributed by atoms with Gasteiger partial charge in [-0.1, -0.05) is 72.8 Å². The second-order valence-corrected chi connectivity index (χ2v) is 13.9. The highest BCUT2D eigenvalue weighted by Crippen LogP contribution is 2.47. The number of benzene rings is 4. The zero-order valence-corrected chi connectivity index (χ0v) is 27.2. The lowest BCUT2D eigenvalue weighted by Crippen LogP contribution is -2.45. The molecule has 5 rings (SSSR count). The Balaban J connectivity index is 1.45. The van der Waals surface area contributed by atoms with E-state index < -0.39 is 40.2 Å². The van der Waals surface area contributed by atoms with Crippen molar-refractivity contribution in [3.63, 3.8) is 0 Å². The van der Waals surface area contributed by atoms with Crippen LogP contribution >= 0.6 is 23.5 Å². The molecule has 0 saturated carbocycles. The summed E-state index contributed by atoms with van der Waals surface area (Å²) in [6.45, 7) is -0.368. The molecule has 10 heteroatoms. The number of carbonyl (C=O) groups is 4. The number of rotatable bonds is 13. The van der Waals surface area contributed by atoms with Crippen molar-refractivity contribution in [2.45, 2.75) is 29.1 Å². The molecule has 1 saturated heterocycles. The van der Waals surface area contributed by atoms with Crippen LogP contribution in [0.5, 0.6) is 0 Å². The zero-order valence-electron chi connectivity index (χ0n) is 25.5. The monoisotopic (exact) mass is 670 g/mol. The van der Waals surface area contributed by atoms with E-state index in [9.17, 15) is 19.2 Å². The Morgan fingerprint density at radius 2 is 0.915 bits per heavy atom. The van der Waals surface area contributed by atoms with E-state index in [0.29, 0.717) is 16.7 Å². The van der Waals surface area contributed by atoms with Crippen molar-refractivity contribution in [3.8, 4) is 0 Å². The lowest BCUT2D eigenvalue weighted by atomic mass is 10.1. The lowest BCUT2D eigenvalue weighted by Gasteiger charge is -2.39. The summed E-state index contributed by atoms with van der Waals surface area (Å²) in [6.07, 6.45) is -1.18. The average Bonchev–Trinajstić information content (AvgIpc) is 3.13. The molecule has 1 fully saturated rings. The van der Waals surface area contributed by atoms with Crippen LogP contribution in [0.25, 0.3) is 0 Å². The van der Waals surface area contributed by atoms with Crippen LogP contribution < -0.4 is 0 Å². The Morgan fingerprint density at radius 3 is 1.36 bits per heavy atom. The van der Waals surface area contributed by atoms with Gasteiger partial charge in [0.15, 0.2) is 6.10 Å². The Kier molecular flexibility index (Phi) is 12.1. The van der Waals surface area contributed by atoms with Gasteiger partial charge >= 0.3 is 23.9 Å². The van der Waals surface area contributed by atoms with E-state index >= 15 is 0 Å². The van der Waals surface area contributed by atoms with E-state index in [1.54, 1.807) is 139 Å². The topological polar surface area (TPSA) is 105 Å². The summed E-state index contributed by atoms with van der Waals surface area (Å²) in [5.41, 5.74) is 1.33. The van der Waals surface area contributed by atoms with Crippen LogP contribution in [0.15, 0.2) is 121 Å². The fourth-order valence-electron chi connectivity index (χ4n) is 4.86. The summed E-state index contributed by atoms with van der Waals surface area (Å²) in [5, 5.41) is 0. The fourth-order valence-corrected chi connectivity index (χ4v) is 8.04. The average molecular weight is 671 g/mol. The molecule has 8 nitrogen and oxygen atoms in total. The van der Waals surface area contributed by atoms with Gasteiger partial charge in [0.1, 0.15) is 19.3 Å². The highest BCUT2D eigenvalue weighted by molar-refractivity contribution is 8.18. The van der Waals surface area contributed by atoms with Crippen LogP contribution in [0.4, 0.5) is 0 Å². The van der Waals surface area contributed by atoms with Crippen LogP contribution in [0, 0.1) is 0 Å². The second kappa shape index (κ2) is 16.9. The first-order valence-corrected chi connectivity index (χ1v) is 17.1. The molecule has 4 aromatic carbocycles. The molecule has 47 heavy (non-hydrogen) atoms. The zero-order chi connectivity index (χ0) is 32.9. The normalized spacial score (nSPS) is 15.0. The van der Waals surface area contributed by atoms with Gasteiger partial charge in [0, 0.05) is 6.42 Å². The molecule has 0 spiro atoms. The number of thioether (sulfide) groups is 2. The van der Waals surface area contributed by atoms with Crippen molar-refractivity contribution >= 4 is 47.4 Å². The SMILES string of the molecule is O=C(OC[C@H](OC(=O)c1ccccc1)[C@@H](CC1(COC(=O)c2ccccc2)SCCCS1)OC(=O)c1ccccc1)c1ccccc1. The summed E-state index contributed by atoms with van der Waals surface area (Å²) in [6, 6.07) is 34.0. The van der Waals surface area contributed by atoms with Gasteiger partial charge in [0.05, 0.1) is 26.3 Å². The number of hydrogen-bond donors (Lipinski definition) is 0. The lowest BCUT2D eigenvalue weighted by molar-refractivity contribution is -0.0617.